The second-order valence-corrected chi connectivity index (χ2v) is 5.64. The zero-order valence-corrected chi connectivity index (χ0v) is 12.1. The highest BCUT2D eigenvalue weighted by Crippen LogP contribution is 2.31. The average molecular weight is 281 g/mol. The molecule has 0 radical (unpaired) electrons. The van der Waals surface area contributed by atoms with Crippen LogP contribution in [0.15, 0.2) is 24.3 Å². The van der Waals surface area contributed by atoms with Crippen molar-refractivity contribution in [2.75, 3.05) is 13.1 Å². The fourth-order valence-corrected chi connectivity index (χ4v) is 2.95. The monoisotopic (exact) mass is 280 g/mol. The first-order valence-electron chi connectivity index (χ1n) is 6.90. The third-order valence-corrected chi connectivity index (χ3v) is 4.22. The number of hydrogen-bond acceptors (Lipinski definition) is 2. The molecule has 0 aliphatic carbocycles. The lowest BCUT2D eigenvalue weighted by molar-refractivity contribution is -0.130. The number of carbonyl (C=O) groups excluding carboxylic acids is 1. The Morgan fingerprint density at radius 1 is 1.47 bits per heavy atom. The Bertz CT molecular complexity index is 442. The Morgan fingerprint density at radius 2 is 2.26 bits per heavy atom. The Kier molecular flexibility index (Phi) is 4.83. The van der Waals surface area contributed by atoms with E-state index in [4.69, 9.17) is 11.6 Å². The van der Waals surface area contributed by atoms with Gasteiger partial charge in [0.25, 0.3) is 0 Å². The molecule has 2 N–H and O–H groups in total. The number of nitrogens with one attached hydrogen (secondary N) is 2. The van der Waals surface area contributed by atoms with E-state index in [0.29, 0.717) is 11.6 Å². The Morgan fingerprint density at radius 3 is 2.89 bits per heavy atom. The third-order valence-electron chi connectivity index (χ3n) is 3.85. The van der Waals surface area contributed by atoms with Crippen LogP contribution < -0.4 is 10.6 Å². The summed E-state index contributed by atoms with van der Waals surface area (Å²) in [4.78, 5) is 12.4. The zero-order valence-electron chi connectivity index (χ0n) is 11.3. The molecule has 1 aromatic carbocycles. The van der Waals surface area contributed by atoms with Crippen LogP contribution in [0.25, 0.3) is 0 Å². The lowest BCUT2D eigenvalue weighted by Gasteiger charge is -2.26. The molecule has 4 heteroatoms. The Labute approximate surface area is 119 Å². The van der Waals surface area contributed by atoms with E-state index in [-0.39, 0.29) is 11.3 Å². The summed E-state index contributed by atoms with van der Waals surface area (Å²) in [5.74, 6) is 0.152. The van der Waals surface area contributed by atoms with Gasteiger partial charge in [0.05, 0.1) is 5.41 Å². The maximum atomic E-state index is 12.4. The molecule has 1 heterocycles. The Balaban J connectivity index is 1.98. The van der Waals surface area contributed by atoms with Gasteiger partial charge in [-0.25, -0.2) is 0 Å². The maximum Gasteiger partial charge on any atom is 0.227 e. The molecule has 1 atom stereocenters. The third kappa shape index (κ3) is 3.28. The molecule has 1 saturated heterocycles. The molecule has 3 nitrogen and oxygen atoms in total. The minimum atomic E-state index is -0.226. The fourth-order valence-electron chi connectivity index (χ4n) is 2.75. The molecule has 0 saturated carbocycles. The molecule has 0 bridgehead atoms. The lowest BCUT2D eigenvalue weighted by atomic mass is 9.81. The summed E-state index contributed by atoms with van der Waals surface area (Å²) >= 11 is 6.10. The first-order chi connectivity index (χ1) is 9.18. The maximum absolute atomic E-state index is 12.4. The zero-order chi connectivity index (χ0) is 13.7. The summed E-state index contributed by atoms with van der Waals surface area (Å²) in [7, 11) is 0. The quantitative estimate of drug-likeness (QED) is 0.871. The molecule has 1 amide bonds. The van der Waals surface area contributed by atoms with Gasteiger partial charge in [-0.3, -0.25) is 4.79 Å². The molecule has 1 aliphatic rings. The van der Waals surface area contributed by atoms with Crippen LogP contribution in [-0.4, -0.2) is 19.0 Å². The van der Waals surface area contributed by atoms with Crippen molar-refractivity contribution in [1.29, 1.82) is 0 Å². The summed E-state index contributed by atoms with van der Waals surface area (Å²) in [6.07, 6.45) is 2.89. The van der Waals surface area contributed by atoms with Crippen molar-refractivity contribution in [3.05, 3.63) is 34.9 Å². The van der Waals surface area contributed by atoms with Gasteiger partial charge < -0.3 is 10.6 Å². The van der Waals surface area contributed by atoms with Crippen molar-refractivity contribution in [2.24, 2.45) is 5.41 Å². The van der Waals surface area contributed by atoms with E-state index >= 15 is 0 Å². The predicted molar refractivity (Wildman–Crippen MR) is 78.1 cm³/mol. The van der Waals surface area contributed by atoms with Gasteiger partial charge in [0.1, 0.15) is 0 Å². The van der Waals surface area contributed by atoms with Gasteiger partial charge in [-0.2, -0.15) is 0 Å². The summed E-state index contributed by atoms with van der Waals surface area (Å²) in [5, 5.41) is 7.05. The van der Waals surface area contributed by atoms with Crippen molar-refractivity contribution in [2.45, 2.75) is 32.7 Å². The molecule has 19 heavy (non-hydrogen) atoms. The summed E-state index contributed by atoms with van der Waals surface area (Å²) in [5.41, 5.74) is 0.742. The standard InChI is InChI=1S/C15H21ClN2O/c1-2-7-15(8-9-17-11-15)14(19)18-10-12-5-3-4-6-13(12)16/h3-6,17H,2,7-11H2,1H3,(H,18,19). The van der Waals surface area contributed by atoms with Crippen LogP contribution in [0.1, 0.15) is 31.7 Å². The molecular formula is C15H21ClN2O. The van der Waals surface area contributed by atoms with Crippen molar-refractivity contribution >= 4 is 17.5 Å². The van der Waals surface area contributed by atoms with Crippen LogP contribution in [0.2, 0.25) is 5.02 Å². The highest BCUT2D eigenvalue weighted by Gasteiger charge is 2.39. The van der Waals surface area contributed by atoms with E-state index in [1.165, 1.54) is 0 Å². The number of hydrogen-bond donors (Lipinski definition) is 2. The van der Waals surface area contributed by atoms with E-state index in [1.807, 2.05) is 24.3 Å². The van der Waals surface area contributed by atoms with E-state index in [9.17, 15) is 4.79 Å². The highest BCUT2D eigenvalue weighted by atomic mass is 35.5. The molecule has 1 fully saturated rings. The highest BCUT2D eigenvalue weighted by molar-refractivity contribution is 6.31. The van der Waals surface area contributed by atoms with E-state index in [2.05, 4.69) is 17.6 Å². The predicted octanol–water partition coefficient (Wildman–Crippen LogP) is 2.74. The lowest BCUT2D eigenvalue weighted by Crippen LogP contribution is -2.42. The fraction of sp³-hybridized carbons (Fsp3) is 0.533. The number of halogens is 1. The summed E-state index contributed by atoms with van der Waals surface area (Å²) in [6.45, 7) is 4.35. The van der Waals surface area contributed by atoms with Crippen molar-refractivity contribution in [3.63, 3.8) is 0 Å². The molecular weight excluding hydrogens is 260 g/mol. The summed E-state index contributed by atoms with van der Waals surface area (Å²) < 4.78 is 0. The molecule has 2 rings (SSSR count). The van der Waals surface area contributed by atoms with E-state index in [0.717, 1.165) is 37.9 Å². The Hall–Kier alpha value is -1.06. The molecule has 104 valence electrons. The smallest absolute Gasteiger partial charge is 0.227 e. The molecule has 0 aromatic heterocycles. The molecule has 1 aromatic rings. The van der Waals surface area contributed by atoms with Crippen molar-refractivity contribution in [3.8, 4) is 0 Å². The van der Waals surface area contributed by atoms with Crippen LogP contribution >= 0.6 is 11.6 Å². The van der Waals surface area contributed by atoms with Crippen LogP contribution in [0.3, 0.4) is 0 Å². The second-order valence-electron chi connectivity index (χ2n) is 5.23. The topological polar surface area (TPSA) is 41.1 Å². The number of benzene rings is 1. The molecule has 1 aliphatic heterocycles. The normalized spacial score (nSPS) is 22.4. The number of carbonyl (C=O) groups is 1. The van der Waals surface area contributed by atoms with Gasteiger partial charge in [0.2, 0.25) is 5.91 Å². The van der Waals surface area contributed by atoms with Crippen molar-refractivity contribution < 1.29 is 4.79 Å². The largest absolute Gasteiger partial charge is 0.351 e. The average Bonchev–Trinajstić information content (AvgIpc) is 2.88. The second kappa shape index (κ2) is 6.40. The molecule has 0 spiro atoms. The van der Waals surface area contributed by atoms with Gasteiger partial charge in [-0.05, 0) is 31.0 Å². The minimum Gasteiger partial charge on any atom is -0.351 e. The van der Waals surface area contributed by atoms with Crippen LogP contribution in [0.4, 0.5) is 0 Å². The number of amides is 1. The first kappa shape index (κ1) is 14.4. The summed E-state index contributed by atoms with van der Waals surface area (Å²) in [6, 6.07) is 7.63. The minimum absolute atomic E-state index is 0.152. The van der Waals surface area contributed by atoms with Gasteiger partial charge >= 0.3 is 0 Å². The van der Waals surface area contributed by atoms with Gasteiger partial charge in [0, 0.05) is 18.1 Å². The SMILES string of the molecule is CCCC1(C(=O)NCc2ccccc2Cl)CCNC1. The van der Waals surface area contributed by atoms with Crippen LogP contribution in [0.5, 0.6) is 0 Å². The van der Waals surface area contributed by atoms with E-state index in [1.54, 1.807) is 0 Å². The van der Waals surface area contributed by atoms with E-state index < -0.39 is 0 Å². The van der Waals surface area contributed by atoms with Gasteiger partial charge in [-0.15, -0.1) is 0 Å². The first-order valence-corrected chi connectivity index (χ1v) is 7.28. The van der Waals surface area contributed by atoms with Crippen LogP contribution in [-0.2, 0) is 11.3 Å². The molecule has 1 unspecified atom stereocenters. The van der Waals surface area contributed by atoms with Crippen molar-refractivity contribution in [1.82, 2.24) is 10.6 Å². The van der Waals surface area contributed by atoms with Gasteiger partial charge in [0.15, 0.2) is 0 Å². The number of rotatable bonds is 5. The van der Waals surface area contributed by atoms with Gasteiger partial charge in [-0.1, -0.05) is 43.1 Å². The van der Waals surface area contributed by atoms with Crippen LogP contribution in [0, 0.1) is 5.41 Å².